The number of anilines is 1. The zero-order valence-electron chi connectivity index (χ0n) is 13.2. The van der Waals surface area contributed by atoms with Gasteiger partial charge < -0.3 is 10.1 Å². The molecule has 2 heterocycles. The molecule has 7 heteroatoms. The van der Waals surface area contributed by atoms with Gasteiger partial charge in [-0.3, -0.25) is 9.78 Å². The second kappa shape index (κ2) is 7.27. The van der Waals surface area contributed by atoms with Gasteiger partial charge in [0.05, 0.1) is 19.0 Å². The molecule has 1 aromatic carbocycles. The molecule has 5 nitrogen and oxygen atoms in total. The highest BCUT2D eigenvalue weighted by atomic mass is 35.5. The lowest BCUT2D eigenvalue weighted by molar-refractivity contribution is 0.102. The number of rotatable bonds is 4. The van der Waals surface area contributed by atoms with Crippen molar-refractivity contribution in [2.45, 2.75) is 0 Å². The van der Waals surface area contributed by atoms with Crippen LogP contribution in [0.3, 0.4) is 0 Å². The molecule has 0 bridgehead atoms. The summed E-state index contributed by atoms with van der Waals surface area (Å²) in [7, 11) is 1.49. The van der Waals surface area contributed by atoms with Gasteiger partial charge in [0.25, 0.3) is 5.91 Å². The van der Waals surface area contributed by atoms with E-state index in [9.17, 15) is 9.18 Å². The van der Waals surface area contributed by atoms with Gasteiger partial charge in [-0.15, -0.1) is 0 Å². The molecule has 0 spiro atoms. The van der Waals surface area contributed by atoms with Crippen LogP contribution in [0.4, 0.5) is 10.1 Å². The molecular weight excluding hydrogens is 345 g/mol. The second-order valence-corrected chi connectivity index (χ2v) is 5.46. The summed E-state index contributed by atoms with van der Waals surface area (Å²) in [5.74, 6) is -0.577. The van der Waals surface area contributed by atoms with E-state index in [-0.39, 0.29) is 11.1 Å². The van der Waals surface area contributed by atoms with Crippen LogP contribution in [0, 0.1) is 5.82 Å². The minimum atomic E-state index is -0.570. The number of hydrogen-bond acceptors (Lipinski definition) is 4. The smallest absolute Gasteiger partial charge is 0.255 e. The summed E-state index contributed by atoms with van der Waals surface area (Å²) in [6.45, 7) is 0. The minimum Gasteiger partial charge on any atom is -0.494 e. The zero-order valence-corrected chi connectivity index (χ0v) is 13.9. The molecule has 25 heavy (non-hydrogen) atoms. The minimum absolute atomic E-state index is 0.172. The van der Waals surface area contributed by atoms with Crippen molar-refractivity contribution >= 4 is 23.2 Å². The standard InChI is InChI=1S/C18H13ClFN3O2/c1-25-15-3-2-8-21-17(15)13-6-4-11(9-14(13)20)18(24)23-12-5-7-16(19)22-10-12/h2-10H,1H3,(H,23,24). The number of halogens is 2. The fourth-order valence-electron chi connectivity index (χ4n) is 2.26. The summed E-state index contributed by atoms with van der Waals surface area (Å²) in [6, 6.07) is 10.7. The summed E-state index contributed by atoms with van der Waals surface area (Å²) in [5.41, 5.74) is 1.26. The van der Waals surface area contributed by atoms with Crippen LogP contribution in [-0.4, -0.2) is 23.0 Å². The number of aromatic nitrogens is 2. The third-order valence-corrected chi connectivity index (χ3v) is 3.69. The maximum absolute atomic E-state index is 14.5. The summed E-state index contributed by atoms with van der Waals surface area (Å²) in [6.07, 6.45) is 2.97. The van der Waals surface area contributed by atoms with Gasteiger partial charge in [-0.1, -0.05) is 11.6 Å². The van der Waals surface area contributed by atoms with E-state index in [0.717, 1.165) is 6.07 Å². The number of hydrogen-bond donors (Lipinski definition) is 1. The number of carbonyl (C=O) groups is 1. The van der Waals surface area contributed by atoms with Crippen molar-refractivity contribution in [3.63, 3.8) is 0 Å². The van der Waals surface area contributed by atoms with Gasteiger partial charge in [-0.25, -0.2) is 9.37 Å². The van der Waals surface area contributed by atoms with E-state index in [1.807, 2.05) is 0 Å². The first-order valence-corrected chi connectivity index (χ1v) is 7.68. The third kappa shape index (κ3) is 3.75. The summed E-state index contributed by atoms with van der Waals surface area (Å²) in [4.78, 5) is 20.3. The lowest BCUT2D eigenvalue weighted by atomic mass is 10.1. The van der Waals surface area contributed by atoms with Crippen LogP contribution >= 0.6 is 11.6 Å². The third-order valence-electron chi connectivity index (χ3n) is 3.46. The number of ether oxygens (including phenoxy) is 1. The summed E-state index contributed by atoms with van der Waals surface area (Å²) < 4.78 is 19.7. The maximum atomic E-state index is 14.5. The van der Waals surface area contributed by atoms with Crippen LogP contribution in [0.15, 0.2) is 54.9 Å². The topological polar surface area (TPSA) is 64.1 Å². The van der Waals surface area contributed by atoms with Gasteiger partial charge in [0.15, 0.2) is 0 Å². The Morgan fingerprint density at radius 3 is 2.72 bits per heavy atom. The number of carbonyl (C=O) groups excluding carboxylic acids is 1. The van der Waals surface area contributed by atoms with Gasteiger partial charge in [-0.2, -0.15) is 0 Å². The number of nitrogens with one attached hydrogen (secondary N) is 1. The average Bonchev–Trinajstić information content (AvgIpc) is 2.63. The van der Waals surface area contributed by atoms with E-state index < -0.39 is 11.7 Å². The summed E-state index contributed by atoms with van der Waals surface area (Å²) >= 11 is 5.70. The van der Waals surface area contributed by atoms with Crippen molar-refractivity contribution < 1.29 is 13.9 Å². The maximum Gasteiger partial charge on any atom is 0.255 e. The highest BCUT2D eigenvalue weighted by Crippen LogP contribution is 2.29. The molecule has 1 N–H and O–H groups in total. The number of pyridine rings is 2. The van der Waals surface area contributed by atoms with E-state index in [2.05, 4.69) is 15.3 Å². The van der Waals surface area contributed by atoms with Crippen LogP contribution < -0.4 is 10.1 Å². The van der Waals surface area contributed by atoms with Crippen LogP contribution in [-0.2, 0) is 0 Å². The first-order chi connectivity index (χ1) is 12.1. The Bertz CT molecular complexity index is 916. The second-order valence-electron chi connectivity index (χ2n) is 5.07. The SMILES string of the molecule is COc1cccnc1-c1ccc(C(=O)Nc2ccc(Cl)nc2)cc1F. The van der Waals surface area contributed by atoms with E-state index in [1.54, 1.807) is 30.5 Å². The van der Waals surface area contributed by atoms with Crippen LogP contribution in [0.25, 0.3) is 11.3 Å². The van der Waals surface area contributed by atoms with Gasteiger partial charge in [-0.05, 0) is 42.5 Å². The van der Waals surface area contributed by atoms with Crippen molar-refractivity contribution in [3.8, 4) is 17.0 Å². The van der Waals surface area contributed by atoms with E-state index in [0.29, 0.717) is 22.3 Å². The van der Waals surface area contributed by atoms with Crippen LogP contribution in [0.2, 0.25) is 5.15 Å². The molecule has 3 aromatic rings. The molecular formula is C18H13ClFN3O2. The highest BCUT2D eigenvalue weighted by Gasteiger charge is 2.15. The molecule has 1 amide bonds. The molecule has 126 valence electrons. The lowest BCUT2D eigenvalue weighted by Crippen LogP contribution is -2.12. The Labute approximate surface area is 148 Å². The first-order valence-electron chi connectivity index (χ1n) is 7.30. The van der Waals surface area contributed by atoms with E-state index >= 15 is 0 Å². The first kappa shape index (κ1) is 16.9. The molecule has 0 unspecified atom stereocenters. The summed E-state index contributed by atoms with van der Waals surface area (Å²) in [5, 5.41) is 2.94. The highest BCUT2D eigenvalue weighted by molar-refractivity contribution is 6.29. The predicted octanol–water partition coefficient (Wildman–Crippen LogP) is 4.20. The Morgan fingerprint density at radius 1 is 1.20 bits per heavy atom. The fourth-order valence-corrected chi connectivity index (χ4v) is 2.37. The Kier molecular flexibility index (Phi) is 4.90. The fraction of sp³-hybridized carbons (Fsp3) is 0.0556. The number of amides is 1. The Morgan fingerprint density at radius 2 is 2.04 bits per heavy atom. The van der Waals surface area contributed by atoms with Crippen molar-refractivity contribution in [2.75, 3.05) is 12.4 Å². The number of methoxy groups -OCH3 is 1. The van der Waals surface area contributed by atoms with E-state index in [4.69, 9.17) is 16.3 Å². The number of benzene rings is 1. The molecule has 3 rings (SSSR count). The van der Waals surface area contributed by atoms with Gasteiger partial charge in [0.1, 0.15) is 22.4 Å². The predicted molar refractivity (Wildman–Crippen MR) is 93.4 cm³/mol. The molecule has 0 fully saturated rings. The quantitative estimate of drug-likeness (QED) is 0.711. The van der Waals surface area contributed by atoms with Gasteiger partial charge in [0, 0.05) is 17.3 Å². The molecule has 0 saturated carbocycles. The van der Waals surface area contributed by atoms with Crippen molar-refractivity contribution in [2.24, 2.45) is 0 Å². The molecule has 0 aliphatic carbocycles. The molecule has 0 aliphatic rings. The molecule has 0 saturated heterocycles. The van der Waals surface area contributed by atoms with Crippen molar-refractivity contribution in [1.82, 2.24) is 9.97 Å². The molecule has 0 aliphatic heterocycles. The zero-order chi connectivity index (χ0) is 17.8. The number of nitrogens with zero attached hydrogens (tertiary/aromatic N) is 2. The molecule has 0 atom stereocenters. The largest absolute Gasteiger partial charge is 0.494 e. The van der Waals surface area contributed by atoms with Crippen LogP contribution in [0.5, 0.6) is 5.75 Å². The van der Waals surface area contributed by atoms with Crippen LogP contribution in [0.1, 0.15) is 10.4 Å². The van der Waals surface area contributed by atoms with Crippen molar-refractivity contribution in [3.05, 3.63) is 71.4 Å². The van der Waals surface area contributed by atoms with E-state index in [1.165, 1.54) is 25.4 Å². The molecule has 0 radical (unpaired) electrons. The Balaban J connectivity index is 1.86. The van der Waals surface area contributed by atoms with Gasteiger partial charge in [0.2, 0.25) is 0 Å². The monoisotopic (exact) mass is 357 g/mol. The average molecular weight is 358 g/mol. The van der Waals surface area contributed by atoms with Gasteiger partial charge >= 0.3 is 0 Å². The lowest BCUT2D eigenvalue weighted by Gasteiger charge is -2.10. The molecule has 2 aromatic heterocycles. The Hall–Kier alpha value is -2.99. The normalized spacial score (nSPS) is 10.4. The van der Waals surface area contributed by atoms with Crippen molar-refractivity contribution in [1.29, 1.82) is 0 Å².